The molecule has 0 amide bonds. The highest BCUT2D eigenvalue weighted by Gasteiger charge is 2.26. The number of halogens is 2. The lowest BCUT2D eigenvalue weighted by molar-refractivity contribution is -0.149. The van der Waals surface area contributed by atoms with Crippen LogP contribution in [-0.4, -0.2) is 30.6 Å². The van der Waals surface area contributed by atoms with Crippen LogP contribution in [0.2, 0.25) is 10.0 Å². The average Bonchev–Trinajstić information content (AvgIpc) is 2.43. The first kappa shape index (κ1) is 15.6. The number of piperidine rings is 1. The predicted molar refractivity (Wildman–Crippen MR) is 81.1 cm³/mol. The Labute approximate surface area is 129 Å². The van der Waals surface area contributed by atoms with Crippen LogP contribution >= 0.6 is 23.2 Å². The topological polar surface area (TPSA) is 29.5 Å². The smallest absolute Gasteiger partial charge is 0.309 e. The van der Waals surface area contributed by atoms with Gasteiger partial charge in [-0.05, 0) is 50.6 Å². The minimum absolute atomic E-state index is 0.0480. The van der Waals surface area contributed by atoms with Crippen molar-refractivity contribution in [2.75, 3.05) is 19.7 Å². The number of esters is 1. The van der Waals surface area contributed by atoms with E-state index in [1.165, 1.54) is 0 Å². The van der Waals surface area contributed by atoms with Crippen LogP contribution in [0.15, 0.2) is 18.2 Å². The molecule has 1 aliphatic rings. The number of nitrogens with zero attached hydrogens (tertiary/aromatic N) is 1. The molecule has 0 atom stereocenters. The van der Waals surface area contributed by atoms with Gasteiger partial charge in [0.25, 0.3) is 0 Å². The molecule has 0 radical (unpaired) electrons. The van der Waals surface area contributed by atoms with Crippen molar-refractivity contribution in [1.82, 2.24) is 4.90 Å². The number of hydrogen-bond acceptors (Lipinski definition) is 3. The zero-order chi connectivity index (χ0) is 14.5. The fourth-order valence-electron chi connectivity index (χ4n) is 2.48. The summed E-state index contributed by atoms with van der Waals surface area (Å²) in [5.41, 5.74) is 1.07. The summed E-state index contributed by atoms with van der Waals surface area (Å²) < 4.78 is 5.07. The number of likely N-dealkylation sites (tertiary alicyclic amines) is 1. The lowest BCUT2D eigenvalue weighted by Crippen LogP contribution is -2.36. The Morgan fingerprint density at radius 2 is 2.05 bits per heavy atom. The SMILES string of the molecule is CCOC(=O)C1CCN(Cc2ccc(Cl)cc2Cl)CC1. The molecule has 1 heterocycles. The van der Waals surface area contributed by atoms with Crippen LogP contribution in [0.3, 0.4) is 0 Å². The zero-order valence-electron chi connectivity index (χ0n) is 11.6. The molecule has 1 fully saturated rings. The minimum atomic E-state index is -0.0586. The highest BCUT2D eigenvalue weighted by Crippen LogP contribution is 2.25. The second kappa shape index (κ2) is 7.30. The van der Waals surface area contributed by atoms with Crippen molar-refractivity contribution < 1.29 is 9.53 Å². The van der Waals surface area contributed by atoms with Crippen molar-refractivity contribution in [3.8, 4) is 0 Å². The fraction of sp³-hybridized carbons (Fsp3) is 0.533. The van der Waals surface area contributed by atoms with Gasteiger partial charge >= 0.3 is 5.97 Å². The predicted octanol–water partition coefficient (Wildman–Crippen LogP) is 3.77. The Kier molecular flexibility index (Phi) is 5.70. The molecule has 1 aliphatic heterocycles. The molecule has 3 nitrogen and oxygen atoms in total. The molecule has 20 heavy (non-hydrogen) atoms. The lowest BCUT2D eigenvalue weighted by atomic mass is 9.96. The zero-order valence-corrected chi connectivity index (χ0v) is 13.1. The molecule has 0 aliphatic carbocycles. The monoisotopic (exact) mass is 315 g/mol. The van der Waals surface area contributed by atoms with E-state index in [2.05, 4.69) is 4.90 Å². The first-order valence-corrected chi connectivity index (χ1v) is 7.68. The molecule has 1 aromatic carbocycles. The van der Waals surface area contributed by atoms with E-state index in [0.29, 0.717) is 16.7 Å². The highest BCUT2D eigenvalue weighted by atomic mass is 35.5. The van der Waals surface area contributed by atoms with E-state index in [9.17, 15) is 4.79 Å². The van der Waals surface area contributed by atoms with Gasteiger partial charge in [0.05, 0.1) is 12.5 Å². The molecule has 1 saturated heterocycles. The van der Waals surface area contributed by atoms with Crippen molar-refractivity contribution in [1.29, 1.82) is 0 Å². The summed E-state index contributed by atoms with van der Waals surface area (Å²) in [5.74, 6) is -0.0106. The average molecular weight is 316 g/mol. The molecule has 2 rings (SSSR count). The molecule has 0 bridgehead atoms. The first-order valence-electron chi connectivity index (χ1n) is 6.93. The van der Waals surface area contributed by atoms with E-state index >= 15 is 0 Å². The molecule has 0 saturated carbocycles. The Hall–Kier alpha value is -0.770. The molecule has 0 spiro atoms. The lowest BCUT2D eigenvalue weighted by Gasteiger charge is -2.31. The molecule has 5 heteroatoms. The van der Waals surface area contributed by atoms with Gasteiger partial charge in [0, 0.05) is 16.6 Å². The van der Waals surface area contributed by atoms with Crippen LogP contribution in [0, 0.1) is 5.92 Å². The van der Waals surface area contributed by atoms with Gasteiger partial charge in [-0.3, -0.25) is 9.69 Å². The van der Waals surface area contributed by atoms with Crippen molar-refractivity contribution in [2.24, 2.45) is 5.92 Å². The van der Waals surface area contributed by atoms with Crippen LogP contribution in [0.25, 0.3) is 0 Å². The molecule has 110 valence electrons. The maximum atomic E-state index is 11.7. The number of rotatable bonds is 4. The van der Waals surface area contributed by atoms with E-state index < -0.39 is 0 Å². The Morgan fingerprint density at radius 3 is 2.65 bits per heavy atom. The van der Waals surface area contributed by atoms with E-state index in [4.69, 9.17) is 27.9 Å². The summed E-state index contributed by atoms with van der Waals surface area (Å²) in [6, 6.07) is 5.58. The fourth-order valence-corrected chi connectivity index (χ4v) is 2.95. The van der Waals surface area contributed by atoms with E-state index in [1.54, 1.807) is 6.07 Å². The van der Waals surface area contributed by atoms with E-state index in [0.717, 1.165) is 38.0 Å². The minimum Gasteiger partial charge on any atom is -0.466 e. The van der Waals surface area contributed by atoms with Gasteiger partial charge in [0.1, 0.15) is 0 Å². The van der Waals surface area contributed by atoms with E-state index in [1.807, 2.05) is 19.1 Å². The molecule has 0 aromatic heterocycles. The van der Waals surface area contributed by atoms with Crippen LogP contribution in [-0.2, 0) is 16.1 Å². The van der Waals surface area contributed by atoms with Gasteiger partial charge in [-0.15, -0.1) is 0 Å². The maximum Gasteiger partial charge on any atom is 0.309 e. The normalized spacial score (nSPS) is 17.1. The molecular weight excluding hydrogens is 297 g/mol. The van der Waals surface area contributed by atoms with E-state index in [-0.39, 0.29) is 11.9 Å². The number of carbonyl (C=O) groups excluding carboxylic acids is 1. The summed E-state index contributed by atoms with van der Waals surface area (Å²) in [4.78, 5) is 14.0. The van der Waals surface area contributed by atoms with Gasteiger partial charge in [-0.1, -0.05) is 29.3 Å². The van der Waals surface area contributed by atoms with Crippen LogP contribution in [0.4, 0.5) is 0 Å². The second-order valence-corrected chi connectivity index (χ2v) is 5.88. The summed E-state index contributed by atoms with van der Waals surface area (Å²) in [6.45, 7) is 4.88. The Balaban J connectivity index is 1.86. The number of ether oxygens (including phenoxy) is 1. The van der Waals surface area contributed by atoms with Crippen LogP contribution < -0.4 is 0 Å². The second-order valence-electron chi connectivity index (χ2n) is 5.04. The number of carbonyl (C=O) groups is 1. The van der Waals surface area contributed by atoms with Crippen LogP contribution in [0.5, 0.6) is 0 Å². The summed E-state index contributed by atoms with van der Waals surface area (Å²) in [6.07, 6.45) is 1.70. The van der Waals surface area contributed by atoms with Gasteiger partial charge in [-0.2, -0.15) is 0 Å². The Bertz CT molecular complexity index is 471. The summed E-state index contributed by atoms with van der Waals surface area (Å²) in [7, 11) is 0. The molecule has 0 unspecified atom stereocenters. The van der Waals surface area contributed by atoms with Crippen molar-refractivity contribution >= 4 is 29.2 Å². The molecular formula is C15H19Cl2NO2. The standard InChI is InChI=1S/C15H19Cl2NO2/c1-2-20-15(19)11-5-7-18(8-6-11)10-12-3-4-13(16)9-14(12)17/h3-4,9,11H,2,5-8,10H2,1H3. The first-order chi connectivity index (χ1) is 9.60. The largest absolute Gasteiger partial charge is 0.466 e. The molecule has 0 N–H and O–H groups in total. The number of benzene rings is 1. The Morgan fingerprint density at radius 1 is 1.35 bits per heavy atom. The third-order valence-electron chi connectivity index (χ3n) is 3.62. The van der Waals surface area contributed by atoms with Crippen LogP contribution in [0.1, 0.15) is 25.3 Å². The van der Waals surface area contributed by atoms with Crippen molar-refractivity contribution in [2.45, 2.75) is 26.3 Å². The van der Waals surface area contributed by atoms with Crippen molar-refractivity contribution in [3.05, 3.63) is 33.8 Å². The summed E-state index contributed by atoms with van der Waals surface area (Å²) in [5, 5.41) is 1.35. The number of hydrogen-bond donors (Lipinski definition) is 0. The van der Waals surface area contributed by atoms with Gasteiger partial charge in [0.2, 0.25) is 0 Å². The van der Waals surface area contributed by atoms with Gasteiger partial charge in [-0.25, -0.2) is 0 Å². The maximum absolute atomic E-state index is 11.7. The molecule has 1 aromatic rings. The quantitative estimate of drug-likeness (QED) is 0.792. The van der Waals surface area contributed by atoms with Gasteiger partial charge in [0.15, 0.2) is 0 Å². The van der Waals surface area contributed by atoms with Gasteiger partial charge < -0.3 is 4.74 Å². The third-order valence-corrected chi connectivity index (χ3v) is 4.20. The van der Waals surface area contributed by atoms with Crippen molar-refractivity contribution in [3.63, 3.8) is 0 Å². The third kappa shape index (κ3) is 4.11. The highest BCUT2D eigenvalue weighted by molar-refractivity contribution is 6.35. The summed E-state index contributed by atoms with van der Waals surface area (Å²) >= 11 is 12.1.